The van der Waals surface area contributed by atoms with Gasteiger partial charge in [-0.3, -0.25) is 4.79 Å². The van der Waals surface area contributed by atoms with E-state index in [0.29, 0.717) is 4.88 Å². The fraction of sp³-hybridized carbons (Fsp3) is 0.294. The smallest absolute Gasteiger partial charge is 0.329 e. The largest absolute Gasteiger partial charge is 0.459 e. The summed E-state index contributed by atoms with van der Waals surface area (Å²) in [6, 6.07) is 12.3. The van der Waals surface area contributed by atoms with Crippen LogP contribution in [0.4, 0.5) is 0 Å². The third-order valence-corrected chi connectivity index (χ3v) is 4.04. The first-order valence-corrected chi connectivity index (χ1v) is 8.01. The fourth-order valence-electron chi connectivity index (χ4n) is 1.94. The van der Waals surface area contributed by atoms with Gasteiger partial charge >= 0.3 is 5.97 Å². The Kier molecular flexibility index (Phi) is 5.72. The van der Waals surface area contributed by atoms with Crippen molar-refractivity contribution >= 4 is 23.2 Å². The molecule has 5 heteroatoms. The van der Waals surface area contributed by atoms with Crippen LogP contribution in [0.1, 0.15) is 29.1 Å². The lowest BCUT2D eigenvalue weighted by Gasteiger charge is -2.20. The highest BCUT2D eigenvalue weighted by Crippen LogP contribution is 2.12. The molecule has 2 rings (SSSR count). The third-order valence-electron chi connectivity index (χ3n) is 3.18. The van der Waals surface area contributed by atoms with Crippen molar-refractivity contribution in [2.75, 3.05) is 0 Å². The molecule has 1 aromatic carbocycles. The van der Waals surface area contributed by atoms with E-state index in [4.69, 9.17) is 4.74 Å². The molecule has 116 valence electrons. The molecule has 0 fully saturated rings. The van der Waals surface area contributed by atoms with Crippen molar-refractivity contribution in [1.29, 1.82) is 0 Å². The van der Waals surface area contributed by atoms with E-state index in [1.54, 1.807) is 12.1 Å². The van der Waals surface area contributed by atoms with Crippen molar-refractivity contribution in [3.05, 3.63) is 58.3 Å². The lowest BCUT2D eigenvalue weighted by molar-refractivity contribution is -0.148. The first kappa shape index (κ1) is 16.2. The van der Waals surface area contributed by atoms with Gasteiger partial charge in [-0.15, -0.1) is 11.3 Å². The van der Waals surface area contributed by atoms with Crippen LogP contribution in [-0.2, 0) is 16.1 Å². The number of thiophene rings is 1. The van der Waals surface area contributed by atoms with Crippen molar-refractivity contribution in [1.82, 2.24) is 5.32 Å². The van der Waals surface area contributed by atoms with Crippen molar-refractivity contribution in [3.8, 4) is 0 Å². The molecule has 0 aliphatic rings. The molecule has 1 heterocycles. The number of rotatable bonds is 6. The molecule has 0 spiro atoms. The van der Waals surface area contributed by atoms with E-state index in [1.165, 1.54) is 11.3 Å². The number of nitrogens with one attached hydrogen (secondary N) is 1. The second kappa shape index (κ2) is 7.75. The molecule has 0 saturated carbocycles. The van der Waals surface area contributed by atoms with Gasteiger partial charge in [-0.25, -0.2) is 4.79 Å². The Morgan fingerprint density at radius 3 is 2.45 bits per heavy atom. The van der Waals surface area contributed by atoms with Gasteiger partial charge in [0.15, 0.2) is 0 Å². The normalized spacial score (nSPS) is 12.0. The second-order valence-corrected chi connectivity index (χ2v) is 6.21. The Hall–Kier alpha value is -2.14. The highest BCUT2D eigenvalue weighted by atomic mass is 32.1. The molecule has 4 nitrogen and oxygen atoms in total. The number of esters is 1. The summed E-state index contributed by atoms with van der Waals surface area (Å²) in [5.74, 6) is -0.707. The van der Waals surface area contributed by atoms with Gasteiger partial charge in [0.05, 0.1) is 4.88 Å². The van der Waals surface area contributed by atoms with Gasteiger partial charge in [-0.1, -0.05) is 50.2 Å². The highest BCUT2D eigenvalue weighted by molar-refractivity contribution is 7.12. The Labute approximate surface area is 134 Å². The highest BCUT2D eigenvalue weighted by Gasteiger charge is 2.26. The van der Waals surface area contributed by atoms with E-state index in [9.17, 15) is 9.59 Å². The molecule has 1 aromatic heterocycles. The number of hydrogen-bond acceptors (Lipinski definition) is 4. The quantitative estimate of drug-likeness (QED) is 0.832. The van der Waals surface area contributed by atoms with Crippen LogP contribution >= 0.6 is 11.3 Å². The van der Waals surface area contributed by atoms with Gasteiger partial charge in [-0.05, 0) is 22.9 Å². The van der Waals surface area contributed by atoms with Gasteiger partial charge in [0.2, 0.25) is 0 Å². The molecule has 0 aliphatic carbocycles. The van der Waals surface area contributed by atoms with E-state index < -0.39 is 12.0 Å². The summed E-state index contributed by atoms with van der Waals surface area (Å²) in [4.78, 5) is 24.9. The lowest BCUT2D eigenvalue weighted by atomic mass is 10.0. The predicted octanol–water partition coefficient (Wildman–Crippen LogP) is 3.25. The van der Waals surface area contributed by atoms with Crippen LogP contribution in [0.2, 0.25) is 0 Å². The summed E-state index contributed by atoms with van der Waals surface area (Å²) in [6.07, 6.45) is 0. The molecule has 22 heavy (non-hydrogen) atoms. The molecule has 1 N–H and O–H groups in total. The van der Waals surface area contributed by atoms with Crippen molar-refractivity contribution in [2.45, 2.75) is 26.5 Å². The zero-order chi connectivity index (χ0) is 15.9. The zero-order valence-corrected chi connectivity index (χ0v) is 13.4. The Morgan fingerprint density at radius 1 is 1.14 bits per heavy atom. The standard InChI is InChI=1S/C17H19NO3S/c1-12(2)15(18-16(19)14-9-6-10-22-14)17(20)21-11-13-7-4-3-5-8-13/h3-10,12,15H,11H2,1-2H3,(H,18,19)/t15-/m1/s1. The van der Waals surface area contributed by atoms with E-state index >= 15 is 0 Å². The number of amides is 1. The maximum absolute atomic E-state index is 12.2. The number of ether oxygens (including phenoxy) is 1. The molecule has 0 saturated heterocycles. The summed E-state index contributed by atoms with van der Waals surface area (Å²) >= 11 is 1.34. The van der Waals surface area contributed by atoms with Gasteiger partial charge < -0.3 is 10.1 Å². The van der Waals surface area contributed by atoms with Gasteiger partial charge in [0, 0.05) is 0 Å². The first-order chi connectivity index (χ1) is 10.6. The van der Waals surface area contributed by atoms with E-state index in [2.05, 4.69) is 5.32 Å². The van der Waals surface area contributed by atoms with Crippen LogP contribution in [0.15, 0.2) is 47.8 Å². The van der Waals surface area contributed by atoms with Gasteiger partial charge in [0.1, 0.15) is 12.6 Å². The summed E-state index contributed by atoms with van der Waals surface area (Å²) in [7, 11) is 0. The molecule has 1 atom stereocenters. The second-order valence-electron chi connectivity index (χ2n) is 5.27. The van der Waals surface area contributed by atoms with E-state index in [-0.39, 0.29) is 18.4 Å². The Morgan fingerprint density at radius 2 is 1.86 bits per heavy atom. The van der Waals surface area contributed by atoms with Crippen LogP contribution in [0, 0.1) is 5.92 Å². The van der Waals surface area contributed by atoms with Crippen LogP contribution in [0.5, 0.6) is 0 Å². The van der Waals surface area contributed by atoms with E-state index in [1.807, 2.05) is 49.6 Å². The van der Waals surface area contributed by atoms with E-state index in [0.717, 1.165) is 5.56 Å². The fourth-order valence-corrected chi connectivity index (χ4v) is 2.56. The number of carbonyl (C=O) groups is 2. The molecular formula is C17H19NO3S. The number of hydrogen-bond donors (Lipinski definition) is 1. The van der Waals surface area contributed by atoms with Gasteiger partial charge in [0.25, 0.3) is 5.91 Å². The van der Waals surface area contributed by atoms with Gasteiger partial charge in [-0.2, -0.15) is 0 Å². The summed E-state index contributed by atoms with van der Waals surface area (Å²) in [6.45, 7) is 3.96. The van der Waals surface area contributed by atoms with Crippen molar-refractivity contribution in [2.24, 2.45) is 5.92 Å². The first-order valence-electron chi connectivity index (χ1n) is 7.13. The summed E-state index contributed by atoms with van der Waals surface area (Å²) < 4.78 is 5.32. The zero-order valence-electron chi connectivity index (χ0n) is 12.6. The Bertz CT molecular complexity index is 608. The molecule has 0 aliphatic heterocycles. The van der Waals surface area contributed by atoms with Crippen LogP contribution < -0.4 is 5.32 Å². The molecule has 0 radical (unpaired) electrons. The maximum atomic E-state index is 12.2. The lowest BCUT2D eigenvalue weighted by Crippen LogP contribution is -2.45. The molecule has 1 amide bonds. The average molecular weight is 317 g/mol. The minimum atomic E-state index is -0.654. The average Bonchev–Trinajstić information content (AvgIpc) is 3.05. The summed E-state index contributed by atoms with van der Waals surface area (Å²) in [5.41, 5.74) is 0.919. The topological polar surface area (TPSA) is 55.4 Å². The third kappa shape index (κ3) is 4.43. The van der Waals surface area contributed by atoms with Crippen LogP contribution in [0.25, 0.3) is 0 Å². The maximum Gasteiger partial charge on any atom is 0.329 e. The molecular weight excluding hydrogens is 298 g/mol. The minimum absolute atomic E-state index is 0.0489. The SMILES string of the molecule is CC(C)[C@@H](NC(=O)c1cccs1)C(=O)OCc1ccccc1. The molecule has 2 aromatic rings. The predicted molar refractivity (Wildman–Crippen MR) is 86.6 cm³/mol. The monoisotopic (exact) mass is 317 g/mol. The minimum Gasteiger partial charge on any atom is -0.459 e. The molecule has 0 bridgehead atoms. The number of carbonyl (C=O) groups excluding carboxylic acids is 2. The van der Waals surface area contributed by atoms with Crippen LogP contribution in [0.3, 0.4) is 0 Å². The Balaban J connectivity index is 1.95. The van der Waals surface area contributed by atoms with Crippen LogP contribution in [-0.4, -0.2) is 17.9 Å². The molecule has 0 unspecified atom stereocenters. The van der Waals surface area contributed by atoms with Crippen molar-refractivity contribution < 1.29 is 14.3 Å². The summed E-state index contributed by atoms with van der Waals surface area (Å²) in [5, 5.41) is 4.58. The number of benzene rings is 1. The van der Waals surface area contributed by atoms with Crippen molar-refractivity contribution in [3.63, 3.8) is 0 Å².